The highest BCUT2D eigenvalue weighted by Crippen LogP contribution is 2.36. The Morgan fingerprint density at radius 1 is 1.25 bits per heavy atom. The van der Waals surface area contributed by atoms with Gasteiger partial charge in [0.15, 0.2) is 0 Å². The molecule has 1 aromatic rings. The van der Waals surface area contributed by atoms with Crippen LogP contribution in [-0.2, 0) is 0 Å². The van der Waals surface area contributed by atoms with Gasteiger partial charge in [-0.15, -0.1) is 0 Å². The summed E-state index contributed by atoms with van der Waals surface area (Å²) in [6.07, 6.45) is 4.00. The molecule has 86 valence electrons. The van der Waals surface area contributed by atoms with Crippen LogP contribution in [0.3, 0.4) is 0 Å². The van der Waals surface area contributed by atoms with Crippen molar-refractivity contribution >= 4 is 11.4 Å². The first-order valence-electron chi connectivity index (χ1n) is 6.05. The molecular formula is C13H18N2O. The number of hydrogen-bond acceptors (Lipinski definition) is 3. The van der Waals surface area contributed by atoms with Crippen LogP contribution in [0.2, 0.25) is 0 Å². The fourth-order valence-corrected chi connectivity index (χ4v) is 2.83. The van der Waals surface area contributed by atoms with Crippen molar-refractivity contribution in [2.24, 2.45) is 5.92 Å². The van der Waals surface area contributed by atoms with Crippen molar-refractivity contribution in [3.8, 4) is 5.75 Å². The number of rotatable bonds is 1. The molecule has 0 bridgehead atoms. The number of methoxy groups -OCH3 is 1. The molecule has 0 saturated heterocycles. The lowest BCUT2D eigenvalue weighted by atomic mass is 10.0. The van der Waals surface area contributed by atoms with E-state index >= 15 is 0 Å². The van der Waals surface area contributed by atoms with E-state index in [0.29, 0.717) is 6.04 Å². The minimum absolute atomic E-state index is 0.655. The summed E-state index contributed by atoms with van der Waals surface area (Å²) < 4.78 is 5.25. The fourth-order valence-electron chi connectivity index (χ4n) is 2.83. The van der Waals surface area contributed by atoms with Crippen molar-refractivity contribution in [3.05, 3.63) is 18.2 Å². The quantitative estimate of drug-likeness (QED) is 0.760. The van der Waals surface area contributed by atoms with Crippen LogP contribution in [0, 0.1) is 5.92 Å². The third-order valence-corrected chi connectivity index (χ3v) is 3.78. The first-order chi connectivity index (χ1) is 7.86. The van der Waals surface area contributed by atoms with E-state index in [4.69, 9.17) is 4.74 Å². The van der Waals surface area contributed by atoms with Crippen molar-refractivity contribution in [2.75, 3.05) is 24.3 Å². The Morgan fingerprint density at radius 2 is 2.19 bits per heavy atom. The second-order valence-electron chi connectivity index (χ2n) is 4.73. The lowest BCUT2D eigenvalue weighted by Gasteiger charge is -2.17. The summed E-state index contributed by atoms with van der Waals surface area (Å²) in [5, 5.41) is 7.18. The number of fused-ring (bicyclic) bond motifs is 2. The molecule has 3 heteroatoms. The second-order valence-corrected chi connectivity index (χ2v) is 4.73. The van der Waals surface area contributed by atoms with Gasteiger partial charge in [0.2, 0.25) is 0 Å². The van der Waals surface area contributed by atoms with Crippen molar-refractivity contribution in [2.45, 2.75) is 25.3 Å². The number of anilines is 2. The van der Waals surface area contributed by atoms with Gasteiger partial charge in [0, 0.05) is 18.7 Å². The van der Waals surface area contributed by atoms with E-state index in [2.05, 4.69) is 22.8 Å². The molecule has 1 fully saturated rings. The second kappa shape index (κ2) is 3.89. The number of hydrogen-bond donors (Lipinski definition) is 2. The Kier molecular flexibility index (Phi) is 2.39. The average Bonchev–Trinajstić information content (AvgIpc) is 2.68. The van der Waals surface area contributed by atoms with Gasteiger partial charge in [0.05, 0.1) is 18.5 Å². The summed E-state index contributed by atoms with van der Waals surface area (Å²) in [6.45, 7) is 1.08. The summed E-state index contributed by atoms with van der Waals surface area (Å²) >= 11 is 0. The molecule has 1 aliphatic heterocycles. The van der Waals surface area contributed by atoms with E-state index in [1.807, 2.05) is 6.07 Å². The zero-order chi connectivity index (χ0) is 11.0. The topological polar surface area (TPSA) is 33.3 Å². The molecule has 16 heavy (non-hydrogen) atoms. The summed E-state index contributed by atoms with van der Waals surface area (Å²) in [6, 6.07) is 6.86. The van der Waals surface area contributed by atoms with Crippen LogP contribution in [-0.4, -0.2) is 19.7 Å². The highest BCUT2D eigenvalue weighted by molar-refractivity contribution is 5.72. The van der Waals surface area contributed by atoms with Gasteiger partial charge < -0.3 is 15.4 Å². The lowest BCUT2D eigenvalue weighted by Crippen LogP contribution is -2.25. The molecule has 1 heterocycles. The van der Waals surface area contributed by atoms with Crippen molar-refractivity contribution < 1.29 is 4.74 Å². The molecule has 2 unspecified atom stereocenters. The zero-order valence-electron chi connectivity index (χ0n) is 9.62. The molecular weight excluding hydrogens is 200 g/mol. The van der Waals surface area contributed by atoms with Crippen molar-refractivity contribution in [1.29, 1.82) is 0 Å². The minimum Gasteiger partial charge on any atom is -0.497 e. The molecule has 0 radical (unpaired) electrons. The summed E-state index contributed by atoms with van der Waals surface area (Å²) in [7, 11) is 1.71. The largest absolute Gasteiger partial charge is 0.497 e. The minimum atomic E-state index is 0.655. The molecule has 2 aliphatic rings. The van der Waals surface area contributed by atoms with E-state index in [1.54, 1.807) is 7.11 Å². The Labute approximate surface area is 96.2 Å². The van der Waals surface area contributed by atoms with Crippen molar-refractivity contribution in [1.82, 2.24) is 0 Å². The van der Waals surface area contributed by atoms with Crippen LogP contribution in [0.25, 0.3) is 0 Å². The van der Waals surface area contributed by atoms with Gasteiger partial charge in [-0.25, -0.2) is 0 Å². The zero-order valence-corrected chi connectivity index (χ0v) is 9.62. The maximum absolute atomic E-state index is 5.25. The normalized spacial score (nSPS) is 27.1. The highest BCUT2D eigenvalue weighted by atomic mass is 16.5. The van der Waals surface area contributed by atoms with E-state index < -0.39 is 0 Å². The first-order valence-corrected chi connectivity index (χ1v) is 6.05. The number of nitrogens with one attached hydrogen (secondary N) is 2. The molecule has 0 aromatic heterocycles. The van der Waals surface area contributed by atoms with Gasteiger partial charge in [-0.05, 0) is 30.9 Å². The molecule has 1 saturated carbocycles. The van der Waals surface area contributed by atoms with Crippen LogP contribution in [0.1, 0.15) is 19.3 Å². The number of benzene rings is 1. The molecule has 2 N–H and O–H groups in total. The highest BCUT2D eigenvalue weighted by Gasteiger charge is 2.29. The molecule has 2 atom stereocenters. The predicted molar refractivity (Wildman–Crippen MR) is 66.2 cm³/mol. The van der Waals surface area contributed by atoms with Gasteiger partial charge in [-0.2, -0.15) is 0 Å². The van der Waals surface area contributed by atoms with Gasteiger partial charge in [0.25, 0.3) is 0 Å². The van der Waals surface area contributed by atoms with Crippen LogP contribution in [0.15, 0.2) is 18.2 Å². The molecule has 3 rings (SSSR count). The van der Waals surface area contributed by atoms with Gasteiger partial charge in [-0.1, -0.05) is 6.42 Å². The van der Waals surface area contributed by atoms with Crippen LogP contribution in [0.5, 0.6) is 5.75 Å². The number of ether oxygens (including phenoxy) is 1. The maximum atomic E-state index is 5.25. The molecule has 0 amide bonds. The van der Waals surface area contributed by atoms with Gasteiger partial charge in [-0.3, -0.25) is 0 Å². The van der Waals surface area contributed by atoms with E-state index in [0.717, 1.165) is 18.2 Å². The standard InChI is InChI=1S/C13H18N2O/c1-16-10-5-6-12-13(7-10)14-8-9-3-2-4-11(9)15-12/h5-7,9,11,14-15H,2-4,8H2,1H3. The fraction of sp³-hybridized carbons (Fsp3) is 0.538. The van der Waals surface area contributed by atoms with E-state index in [-0.39, 0.29) is 0 Å². The maximum Gasteiger partial charge on any atom is 0.121 e. The molecule has 3 nitrogen and oxygen atoms in total. The third-order valence-electron chi connectivity index (χ3n) is 3.78. The monoisotopic (exact) mass is 218 g/mol. The first kappa shape index (κ1) is 9.82. The van der Waals surface area contributed by atoms with Gasteiger partial charge >= 0.3 is 0 Å². The van der Waals surface area contributed by atoms with Crippen molar-refractivity contribution in [3.63, 3.8) is 0 Å². The van der Waals surface area contributed by atoms with E-state index in [9.17, 15) is 0 Å². The Bertz CT molecular complexity index is 392. The molecule has 1 aromatic carbocycles. The summed E-state index contributed by atoms with van der Waals surface area (Å²) in [4.78, 5) is 0. The molecule has 1 aliphatic carbocycles. The SMILES string of the molecule is COc1ccc2c(c1)NCC1CCCC1N2. The third kappa shape index (κ3) is 1.60. The Hall–Kier alpha value is -1.38. The van der Waals surface area contributed by atoms with Gasteiger partial charge in [0.1, 0.15) is 5.75 Å². The van der Waals surface area contributed by atoms with E-state index in [1.165, 1.54) is 30.6 Å². The smallest absolute Gasteiger partial charge is 0.121 e. The van der Waals surface area contributed by atoms with Crippen LogP contribution in [0.4, 0.5) is 11.4 Å². The van der Waals surface area contributed by atoms with Crippen LogP contribution < -0.4 is 15.4 Å². The Balaban J connectivity index is 1.90. The summed E-state index contributed by atoms with van der Waals surface area (Å²) in [5.74, 6) is 1.69. The Morgan fingerprint density at radius 3 is 3.06 bits per heavy atom. The molecule has 0 spiro atoms. The van der Waals surface area contributed by atoms with Crippen LogP contribution >= 0.6 is 0 Å². The predicted octanol–water partition coefficient (Wildman–Crippen LogP) is 2.70. The average molecular weight is 218 g/mol. The summed E-state index contributed by atoms with van der Waals surface area (Å²) in [5.41, 5.74) is 2.39. The lowest BCUT2D eigenvalue weighted by molar-refractivity contribution is 0.415.